The van der Waals surface area contributed by atoms with Crippen molar-refractivity contribution in [3.8, 4) is 0 Å². The van der Waals surface area contributed by atoms with Gasteiger partial charge in [0.2, 0.25) is 0 Å². The Morgan fingerprint density at radius 3 is 3.00 bits per heavy atom. The van der Waals surface area contributed by atoms with E-state index in [1.165, 1.54) is 37.9 Å². The van der Waals surface area contributed by atoms with E-state index in [1.54, 1.807) is 0 Å². The zero-order chi connectivity index (χ0) is 10.8. The quantitative estimate of drug-likeness (QED) is 0.784. The molecule has 2 aliphatic rings. The molecule has 2 atom stereocenters. The summed E-state index contributed by atoms with van der Waals surface area (Å²) in [5, 5.41) is 7.34. The lowest BCUT2D eigenvalue weighted by Crippen LogP contribution is -2.56. The maximum Gasteiger partial charge on any atom is 0.0387 e. The van der Waals surface area contributed by atoms with Crippen LogP contribution in [-0.4, -0.2) is 25.2 Å². The molecule has 2 N–H and O–H groups in total. The van der Waals surface area contributed by atoms with Gasteiger partial charge in [-0.2, -0.15) is 0 Å². The summed E-state index contributed by atoms with van der Waals surface area (Å²) < 4.78 is 0. The Balaban J connectivity index is 1.81. The molecule has 86 valence electrons. The Morgan fingerprint density at radius 1 is 1.25 bits per heavy atom. The molecule has 2 heterocycles. The van der Waals surface area contributed by atoms with E-state index in [0.29, 0.717) is 5.54 Å². The largest absolute Gasteiger partial charge is 0.315 e. The highest BCUT2D eigenvalue weighted by molar-refractivity contribution is 5.20. The van der Waals surface area contributed by atoms with Gasteiger partial charge in [0.1, 0.15) is 0 Å². The van der Waals surface area contributed by atoms with Crippen molar-refractivity contribution in [3.63, 3.8) is 0 Å². The molecular formula is C14H20N2. The van der Waals surface area contributed by atoms with Crippen LogP contribution >= 0.6 is 0 Å². The first-order valence-corrected chi connectivity index (χ1v) is 6.39. The molecule has 3 rings (SSSR count). The molecule has 2 nitrogen and oxygen atoms in total. The molecule has 0 radical (unpaired) electrons. The molecule has 0 bridgehead atoms. The van der Waals surface area contributed by atoms with Crippen molar-refractivity contribution in [2.75, 3.05) is 19.6 Å². The molecule has 2 fully saturated rings. The summed E-state index contributed by atoms with van der Waals surface area (Å²) in [6.45, 7) is 3.51. The Labute approximate surface area is 97.4 Å². The molecule has 0 aliphatic carbocycles. The maximum atomic E-state index is 3.78. The van der Waals surface area contributed by atoms with E-state index in [-0.39, 0.29) is 0 Å². The minimum absolute atomic E-state index is 0.333. The summed E-state index contributed by atoms with van der Waals surface area (Å²) in [6, 6.07) is 10.9. The lowest BCUT2D eigenvalue weighted by Gasteiger charge is -2.40. The summed E-state index contributed by atoms with van der Waals surface area (Å²) in [5.41, 5.74) is 1.80. The van der Waals surface area contributed by atoms with E-state index >= 15 is 0 Å². The van der Waals surface area contributed by atoms with E-state index in [1.807, 2.05) is 0 Å². The third-order valence-electron chi connectivity index (χ3n) is 4.18. The zero-order valence-corrected chi connectivity index (χ0v) is 9.71. The molecule has 16 heavy (non-hydrogen) atoms. The number of fused-ring (bicyclic) bond motifs is 1. The third-order valence-corrected chi connectivity index (χ3v) is 4.18. The summed E-state index contributed by atoms with van der Waals surface area (Å²) >= 11 is 0. The van der Waals surface area contributed by atoms with Gasteiger partial charge in [0.15, 0.2) is 0 Å². The monoisotopic (exact) mass is 216 g/mol. The molecular weight excluding hydrogens is 196 g/mol. The summed E-state index contributed by atoms with van der Waals surface area (Å²) in [7, 11) is 0. The second kappa shape index (κ2) is 4.19. The number of hydrogen-bond acceptors (Lipinski definition) is 2. The van der Waals surface area contributed by atoms with Crippen LogP contribution in [0.25, 0.3) is 0 Å². The molecule has 2 saturated heterocycles. The Hall–Kier alpha value is -0.860. The lowest BCUT2D eigenvalue weighted by atomic mass is 9.77. The highest BCUT2D eigenvalue weighted by Crippen LogP contribution is 2.32. The second-order valence-corrected chi connectivity index (χ2v) is 5.22. The number of benzene rings is 1. The van der Waals surface area contributed by atoms with Crippen molar-refractivity contribution in [2.45, 2.75) is 24.8 Å². The lowest BCUT2D eigenvalue weighted by molar-refractivity contribution is 0.209. The van der Waals surface area contributed by atoms with Crippen molar-refractivity contribution in [1.82, 2.24) is 10.6 Å². The topological polar surface area (TPSA) is 24.1 Å². The van der Waals surface area contributed by atoms with Crippen LogP contribution in [0.1, 0.15) is 18.4 Å². The number of rotatable bonds is 2. The smallest absolute Gasteiger partial charge is 0.0387 e. The van der Waals surface area contributed by atoms with Crippen molar-refractivity contribution in [1.29, 1.82) is 0 Å². The van der Waals surface area contributed by atoms with E-state index in [9.17, 15) is 0 Å². The average Bonchev–Trinajstić information content (AvgIpc) is 2.73. The van der Waals surface area contributed by atoms with Crippen LogP contribution in [0.2, 0.25) is 0 Å². The Morgan fingerprint density at radius 2 is 2.12 bits per heavy atom. The molecule has 2 heteroatoms. The third kappa shape index (κ3) is 1.76. The first-order chi connectivity index (χ1) is 7.89. The molecule has 0 unspecified atom stereocenters. The van der Waals surface area contributed by atoms with Crippen molar-refractivity contribution in [2.24, 2.45) is 5.92 Å². The predicted molar refractivity (Wildman–Crippen MR) is 66.5 cm³/mol. The maximum absolute atomic E-state index is 3.78. The Bertz CT molecular complexity index is 349. The van der Waals surface area contributed by atoms with Crippen LogP contribution in [-0.2, 0) is 6.42 Å². The molecule has 0 saturated carbocycles. The van der Waals surface area contributed by atoms with Crippen LogP contribution in [0.4, 0.5) is 0 Å². The average molecular weight is 216 g/mol. The predicted octanol–water partition coefficient (Wildman–Crippen LogP) is 1.57. The van der Waals surface area contributed by atoms with Gasteiger partial charge in [0.25, 0.3) is 0 Å². The standard InChI is InChI=1S/C14H20N2/c1-2-5-12(6-3-1)9-14-11-15-10-13(14)7-4-8-16-14/h1-3,5-6,13,15-16H,4,7-11H2/t13-,14-/m1/s1. The van der Waals surface area contributed by atoms with Gasteiger partial charge in [-0.25, -0.2) is 0 Å². The van der Waals surface area contributed by atoms with Crippen molar-refractivity contribution < 1.29 is 0 Å². The fourth-order valence-electron chi connectivity index (χ4n) is 3.31. The van der Waals surface area contributed by atoms with E-state index in [0.717, 1.165) is 12.5 Å². The van der Waals surface area contributed by atoms with Gasteiger partial charge in [-0.3, -0.25) is 0 Å². The second-order valence-electron chi connectivity index (χ2n) is 5.22. The first-order valence-electron chi connectivity index (χ1n) is 6.39. The zero-order valence-electron chi connectivity index (χ0n) is 9.71. The fourth-order valence-corrected chi connectivity index (χ4v) is 3.31. The van der Waals surface area contributed by atoms with Crippen LogP contribution in [0.5, 0.6) is 0 Å². The van der Waals surface area contributed by atoms with Gasteiger partial charge in [-0.05, 0) is 43.8 Å². The highest BCUT2D eigenvalue weighted by Gasteiger charge is 2.43. The Kier molecular flexibility index (Phi) is 2.70. The number of piperidine rings is 1. The van der Waals surface area contributed by atoms with Crippen molar-refractivity contribution in [3.05, 3.63) is 35.9 Å². The van der Waals surface area contributed by atoms with Crippen LogP contribution in [0, 0.1) is 5.92 Å². The van der Waals surface area contributed by atoms with Gasteiger partial charge < -0.3 is 10.6 Å². The molecule has 0 amide bonds. The van der Waals surface area contributed by atoms with Crippen LogP contribution < -0.4 is 10.6 Å². The van der Waals surface area contributed by atoms with Gasteiger partial charge in [0.05, 0.1) is 0 Å². The highest BCUT2D eigenvalue weighted by atomic mass is 15.1. The minimum Gasteiger partial charge on any atom is -0.315 e. The number of hydrogen-bond donors (Lipinski definition) is 2. The molecule has 1 aromatic rings. The normalized spacial score (nSPS) is 33.6. The van der Waals surface area contributed by atoms with Gasteiger partial charge in [0, 0.05) is 12.1 Å². The first kappa shape index (κ1) is 10.3. The van der Waals surface area contributed by atoms with Crippen LogP contribution in [0.3, 0.4) is 0 Å². The van der Waals surface area contributed by atoms with Gasteiger partial charge >= 0.3 is 0 Å². The SMILES string of the molecule is c1ccc(C[C@@]23CNC[C@H]2CCCN3)cc1. The molecule has 0 spiro atoms. The van der Waals surface area contributed by atoms with E-state index in [4.69, 9.17) is 0 Å². The number of nitrogens with one attached hydrogen (secondary N) is 2. The summed E-state index contributed by atoms with van der Waals surface area (Å²) in [5.74, 6) is 0.821. The summed E-state index contributed by atoms with van der Waals surface area (Å²) in [4.78, 5) is 0. The fraction of sp³-hybridized carbons (Fsp3) is 0.571. The van der Waals surface area contributed by atoms with Crippen LogP contribution in [0.15, 0.2) is 30.3 Å². The summed E-state index contributed by atoms with van der Waals surface area (Å²) in [6.07, 6.45) is 3.89. The minimum atomic E-state index is 0.333. The van der Waals surface area contributed by atoms with Gasteiger partial charge in [-0.15, -0.1) is 0 Å². The molecule has 1 aromatic carbocycles. The van der Waals surface area contributed by atoms with Gasteiger partial charge in [-0.1, -0.05) is 30.3 Å². The molecule has 2 aliphatic heterocycles. The van der Waals surface area contributed by atoms with Crippen molar-refractivity contribution >= 4 is 0 Å². The molecule has 0 aromatic heterocycles. The van der Waals surface area contributed by atoms with E-state index < -0.39 is 0 Å². The van der Waals surface area contributed by atoms with E-state index in [2.05, 4.69) is 41.0 Å².